The molecular weight excluding hydrogens is 731 g/mol. The zero-order valence-corrected chi connectivity index (χ0v) is 39.6. The molecule has 59 heavy (non-hydrogen) atoms. The average Bonchev–Trinajstić information content (AvgIpc) is 3.85. The number of nitrogens with one attached hydrogen (secondary N) is 1. The van der Waals surface area contributed by atoms with Gasteiger partial charge in [-0.3, -0.25) is 4.90 Å². The van der Waals surface area contributed by atoms with E-state index in [4.69, 9.17) is 4.98 Å². The van der Waals surface area contributed by atoms with Crippen molar-refractivity contribution in [1.29, 1.82) is 0 Å². The van der Waals surface area contributed by atoms with E-state index in [0.717, 1.165) is 76.1 Å². The summed E-state index contributed by atoms with van der Waals surface area (Å²) in [5.41, 5.74) is 4.57. The zero-order chi connectivity index (χ0) is 43.1. The fourth-order valence-corrected chi connectivity index (χ4v) is 8.14. The van der Waals surface area contributed by atoms with E-state index in [1.54, 1.807) is 0 Å². The van der Waals surface area contributed by atoms with Crippen molar-refractivity contribution in [3.05, 3.63) is 59.8 Å². The maximum absolute atomic E-state index is 4.76. The molecular formula is C48H81N11. The third kappa shape index (κ3) is 13.3. The Morgan fingerprint density at radius 1 is 0.542 bits per heavy atom. The molecule has 4 fully saturated rings. The molecule has 4 aliphatic heterocycles. The minimum atomic E-state index is 0.243. The lowest BCUT2D eigenvalue weighted by Gasteiger charge is -2.38. The van der Waals surface area contributed by atoms with Crippen LogP contribution in [0.5, 0.6) is 0 Å². The van der Waals surface area contributed by atoms with Gasteiger partial charge in [-0.25, -0.2) is 24.9 Å². The van der Waals surface area contributed by atoms with E-state index in [-0.39, 0.29) is 10.8 Å². The van der Waals surface area contributed by atoms with Gasteiger partial charge in [-0.1, -0.05) is 89.2 Å². The monoisotopic (exact) mass is 812 g/mol. The summed E-state index contributed by atoms with van der Waals surface area (Å²) < 4.78 is 0. The summed E-state index contributed by atoms with van der Waals surface area (Å²) in [5, 5.41) is 3.41. The van der Waals surface area contributed by atoms with Gasteiger partial charge < -0.3 is 24.9 Å². The Labute approximate surface area is 359 Å². The lowest BCUT2D eigenvalue weighted by Crippen LogP contribution is -2.50. The molecule has 0 amide bonds. The standard InChI is InChI=1S/C18H29N3.2C15H26N4/c1-14(18(2,3)4)15-7-8-17(19-12-15)21-11-10-20-9-5-6-16(20)13-21;1-12(15(2,3)4)13-10-16-14(17-11-13)19-8-6-18(5)7-9-19;1-11(15(2,3)4)12-8-16-14(17-9-12)18-13-6-7-19(5)10-13/h7-8,12,14,16H,5-6,9-11,13H2,1-4H3;10-12H,6-9H2,1-5H3;8-9,11,13H,6-7,10H2,1-5H3,(H,16,17,18)/t14-,16-;12-;11?,13-/m110/s1. The number of rotatable bonds is 7. The molecule has 3 aromatic heterocycles. The highest BCUT2D eigenvalue weighted by molar-refractivity contribution is 5.41. The van der Waals surface area contributed by atoms with Crippen molar-refractivity contribution in [2.24, 2.45) is 16.2 Å². The molecule has 0 radical (unpaired) electrons. The maximum Gasteiger partial charge on any atom is 0.225 e. The van der Waals surface area contributed by atoms with Gasteiger partial charge in [0.1, 0.15) is 5.82 Å². The van der Waals surface area contributed by atoms with Crippen molar-refractivity contribution in [3.8, 4) is 0 Å². The van der Waals surface area contributed by atoms with Gasteiger partial charge in [0.2, 0.25) is 11.9 Å². The van der Waals surface area contributed by atoms with Crippen LogP contribution in [0.1, 0.15) is 137 Å². The fourth-order valence-electron chi connectivity index (χ4n) is 8.14. The number of nitrogens with zero attached hydrogens (tertiary/aromatic N) is 10. The highest BCUT2D eigenvalue weighted by Crippen LogP contribution is 2.36. The molecule has 3 aromatic rings. The highest BCUT2D eigenvalue weighted by atomic mass is 15.3. The van der Waals surface area contributed by atoms with E-state index in [0.29, 0.717) is 29.2 Å². The Balaban J connectivity index is 0.000000169. The predicted molar refractivity (Wildman–Crippen MR) is 248 cm³/mol. The van der Waals surface area contributed by atoms with E-state index < -0.39 is 0 Å². The van der Waals surface area contributed by atoms with Crippen LogP contribution in [-0.2, 0) is 0 Å². The normalized spacial score (nSPS) is 22.4. The number of fused-ring (bicyclic) bond motifs is 1. The number of likely N-dealkylation sites (N-methyl/N-ethyl adjacent to an activating group) is 2. The van der Waals surface area contributed by atoms with Gasteiger partial charge in [0, 0.05) is 95.4 Å². The Bertz CT molecular complexity index is 1680. The average molecular weight is 812 g/mol. The van der Waals surface area contributed by atoms with Crippen LogP contribution in [0.3, 0.4) is 0 Å². The van der Waals surface area contributed by atoms with E-state index in [1.165, 1.54) is 49.0 Å². The molecule has 7 heterocycles. The molecule has 0 aromatic carbocycles. The molecule has 0 aliphatic carbocycles. The molecule has 328 valence electrons. The van der Waals surface area contributed by atoms with Crippen LogP contribution >= 0.6 is 0 Å². The summed E-state index contributed by atoms with van der Waals surface area (Å²) in [6.45, 7) is 38.4. The Hall–Kier alpha value is -3.41. The van der Waals surface area contributed by atoms with E-state index in [9.17, 15) is 0 Å². The van der Waals surface area contributed by atoms with Crippen molar-refractivity contribution in [3.63, 3.8) is 0 Å². The first-order valence-corrected chi connectivity index (χ1v) is 22.7. The van der Waals surface area contributed by atoms with Gasteiger partial charge in [-0.05, 0) is 103 Å². The van der Waals surface area contributed by atoms with Crippen molar-refractivity contribution in [1.82, 2.24) is 39.6 Å². The van der Waals surface area contributed by atoms with Crippen LogP contribution in [-0.4, -0.2) is 131 Å². The minimum Gasteiger partial charge on any atom is -0.354 e. The Morgan fingerprint density at radius 2 is 1.07 bits per heavy atom. The van der Waals surface area contributed by atoms with Crippen LogP contribution in [0.2, 0.25) is 0 Å². The van der Waals surface area contributed by atoms with Gasteiger partial charge in [0.25, 0.3) is 0 Å². The van der Waals surface area contributed by atoms with E-state index in [2.05, 4.69) is 165 Å². The second-order valence-electron chi connectivity index (χ2n) is 21.3. The minimum absolute atomic E-state index is 0.243. The number of pyridine rings is 1. The number of hydrogen-bond acceptors (Lipinski definition) is 11. The fraction of sp³-hybridized carbons (Fsp3) is 0.729. The smallest absolute Gasteiger partial charge is 0.225 e. The molecule has 11 nitrogen and oxygen atoms in total. The molecule has 1 N–H and O–H groups in total. The number of anilines is 3. The van der Waals surface area contributed by atoms with Crippen molar-refractivity contribution in [2.75, 3.05) is 94.7 Å². The Morgan fingerprint density at radius 3 is 1.58 bits per heavy atom. The van der Waals surface area contributed by atoms with Crippen LogP contribution in [0.4, 0.5) is 17.7 Å². The van der Waals surface area contributed by atoms with Gasteiger partial charge in [-0.15, -0.1) is 0 Å². The first-order valence-electron chi connectivity index (χ1n) is 22.7. The molecule has 0 spiro atoms. The summed E-state index contributed by atoms with van der Waals surface area (Å²) >= 11 is 0. The Kier molecular flexibility index (Phi) is 15.8. The number of likely N-dealkylation sites (tertiary alicyclic amines) is 1. The zero-order valence-electron chi connectivity index (χ0n) is 39.6. The summed E-state index contributed by atoms with van der Waals surface area (Å²) in [5.74, 6) is 4.24. The molecule has 7 rings (SSSR count). The van der Waals surface area contributed by atoms with Crippen molar-refractivity contribution >= 4 is 17.7 Å². The third-order valence-electron chi connectivity index (χ3n) is 13.9. The summed E-state index contributed by atoms with van der Waals surface area (Å²) in [6.07, 6.45) is 13.9. The van der Waals surface area contributed by atoms with Crippen LogP contribution in [0, 0.1) is 16.2 Å². The number of aromatic nitrogens is 5. The van der Waals surface area contributed by atoms with Gasteiger partial charge in [-0.2, -0.15) is 0 Å². The summed E-state index contributed by atoms with van der Waals surface area (Å²) in [7, 11) is 4.31. The lowest BCUT2D eigenvalue weighted by atomic mass is 9.78. The molecule has 1 unspecified atom stereocenters. The predicted octanol–water partition coefficient (Wildman–Crippen LogP) is 8.64. The second kappa shape index (κ2) is 20.0. The van der Waals surface area contributed by atoms with Crippen LogP contribution in [0.15, 0.2) is 43.1 Å². The molecule has 4 aliphatic rings. The third-order valence-corrected chi connectivity index (χ3v) is 13.9. The molecule has 4 saturated heterocycles. The summed E-state index contributed by atoms with van der Waals surface area (Å²) in [4.78, 5) is 34.8. The van der Waals surface area contributed by atoms with Crippen LogP contribution < -0.4 is 15.1 Å². The van der Waals surface area contributed by atoms with E-state index >= 15 is 0 Å². The lowest BCUT2D eigenvalue weighted by molar-refractivity contribution is 0.230. The SMILES string of the molecule is CC(c1cnc(N[C@H]2CCN(C)C2)nc1)C(C)(C)C.C[C@H](c1ccc(N2CCN3CCC[C@@H]3C2)nc1)C(C)(C)C.C[C@H](c1cnc(N2CCN(C)CC2)nc1)C(C)(C)C. The quantitative estimate of drug-likeness (QED) is 0.249. The molecule has 0 bridgehead atoms. The van der Waals surface area contributed by atoms with Gasteiger partial charge >= 0.3 is 0 Å². The van der Waals surface area contributed by atoms with E-state index in [1.807, 2.05) is 24.8 Å². The van der Waals surface area contributed by atoms with Gasteiger partial charge in [0.05, 0.1) is 0 Å². The van der Waals surface area contributed by atoms with Crippen molar-refractivity contribution in [2.45, 2.75) is 132 Å². The molecule has 11 heteroatoms. The van der Waals surface area contributed by atoms with Crippen LogP contribution in [0.25, 0.3) is 0 Å². The van der Waals surface area contributed by atoms with Gasteiger partial charge in [0.15, 0.2) is 0 Å². The largest absolute Gasteiger partial charge is 0.354 e. The van der Waals surface area contributed by atoms with Crippen molar-refractivity contribution < 1.29 is 0 Å². The second-order valence-corrected chi connectivity index (χ2v) is 21.3. The first-order chi connectivity index (χ1) is 27.7. The molecule has 0 saturated carbocycles. The molecule has 5 atom stereocenters. The topological polar surface area (TPSA) is 92.7 Å². The number of hydrogen-bond donors (Lipinski definition) is 1. The number of piperazine rings is 2. The first kappa shape index (κ1) is 46.7. The summed E-state index contributed by atoms with van der Waals surface area (Å²) in [6, 6.07) is 5.74. The maximum atomic E-state index is 4.76. The highest BCUT2D eigenvalue weighted by Gasteiger charge is 2.31.